The standard InChI is InChI=1S/C12H11NO4S/c14-10-6-9(7-11(15)8-10)13-18(16,17)12-4-2-1-3-5-12/h1-8,13-15H/p-1. The van der Waals surface area contributed by atoms with Crippen LogP contribution in [0.4, 0.5) is 5.69 Å². The van der Waals surface area contributed by atoms with Gasteiger partial charge >= 0.3 is 0 Å². The fraction of sp³-hybridized carbons (Fsp3) is 0. The predicted octanol–water partition coefficient (Wildman–Crippen LogP) is 1.27. The Kier molecular flexibility index (Phi) is 3.12. The summed E-state index contributed by atoms with van der Waals surface area (Å²) < 4.78 is 26.1. The zero-order chi connectivity index (χ0) is 13.2. The first-order valence-corrected chi connectivity index (χ1v) is 6.55. The number of phenolic OH excluding ortho intramolecular Hbond substituents is 1. The minimum Gasteiger partial charge on any atom is -0.872 e. The summed E-state index contributed by atoms with van der Waals surface area (Å²) in [6, 6.07) is 11.0. The Bertz CT molecular complexity index is 633. The van der Waals surface area contributed by atoms with Crippen molar-refractivity contribution in [3.8, 4) is 11.5 Å². The zero-order valence-electron chi connectivity index (χ0n) is 9.20. The summed E-state index contributed by atoms with van der Waals surface area (Å²) in [7, 11) is -3.75. The summed E-state index contributed by atoms with van der Waals surface area (Å²) in [6.45, 7) is 0. The molecule has 0 heterocycles. The molecule has 0 radical (unpaired) electrons. The highest BCUT2D eigenvalue weighted by atomic mass is 32.2. The van der Waals surface area contributed by atoms with Crippen LogP contribution >= 0.6 is 0 Å². The van der Waals surface area contributed by atoms with Crippen LogP contribution in [0.25, 0.3) is 0 Å². The second kappa shape index (κ2) is 4.58. The summed E-state index contributed by atoms with van der Waals surface area (Å²) in [5.41, 5.74) is 0.0313. The summed E-state index contributed by atoms with van der Waals surface area (Å²) in [5.74, 6) is -0.756. The van der Waals surface area contributed by atoms with E-state index in [1.165, 1.54) is 18.2 Å². The van der Waals surface area contributed by atoms with Gasteiger partial charge in [-0.1, -0.05) is 18.2 Å². The molecule has 5 nitrogen and oxygen atoms in total. The molecule has 0 amide bonds. The Morgan fingerprint density at radius 3 is 2.33 bits per heavy atom. The molecule has 0 unspecified atom stereocenters. The van der Waals surface area contributed by atoms with Gasteiger partial charge in [-0.25, -0.2) is 8.42 Å². The molecule has 0 saturated heterocycles. The molecule has 0 aliphatic carbocycles. The van der Waals surface area contributed by atoms with Gasteiger partial charge in [-0.05, 0) is 24.3 Å². The van der Waals surface area contributed by atoms with Gasteiger partial charge in [0.25, 0.3) is 10.0 Å². The monoisotopic (exact) mass is 264 g/mol. The van der Waals surface area contributed by atoms with Gasteiger partial charge < -0.3 is 10.2 Å². The van der Waals surface area contributed by atoms with Gasteiger partial charge in [0, 0.05) is 6.07 Å². The van der Waals surface area contributed by atoms with E-state index in [4.69, 9.17) is 0 Å². The number of rotatable bonds is 3. The van der Waals surface area contributed by atoms with Gasteiger partial charge in [-0.3, -0.25) is 4.72 Å². The maximum atomic E-state index is 11.9. The maximum Gasteiger partial charge on any atom is 0.261 e. The Labute approximate surface area is 104 Å². The summed E-state index contributed by atoms with van der Waals surface area (Å²) in [6.07, 6.45) is 0. The van der Waals surface area contributed by atoms with E-state index < -0.39 is 15.8 Å². The lowest BCUT2D eigenvalue weighted by molar-refractivity contribution is -0.268. The summed E-state index contributed by atoms with van der Waals surface area (Å²) >= 11 is 0. The summed E-state index contributed by atoms with van der Waals surface area (Å²) in [5, 5.41) is 20.4. The zero-order valence-corrected chi connectivity index (χ0v) is 10.0. The van der Waals surface area contributed by atoms with E-state index in [1.807, 2.05) is 0 Å². The third kappa shape index (κ3) is 2.72. The average molecular weight is 264 g/mol. The topological polar surface area (TPSA) is 89.5 Å². The van der Waals surface area contributed by atoms with Gasteiger partial charge in [-0.15, -0.1) is 5.75 Å². The molecule has 0 aliphatic rings. The Hall–Kier alpha value is -2.21. The normalized spacial score (nSPS) is 11.1. The van der Waals surface area contributed by atoms with Gasteiger partial charge in [-0.2, -0.15) is 0 Å². The molecule has 0 fully saturated rings. The number of phenols is 1. The smallest absolute Gasteiger partial charge is 0.261 e. The molecular weight excluding hydrogens is 254 g/mol. The maximum absolute atomic E-state index is 11.9. The molecule has 0 atom stereocenters. The Morgan fingerprint density at radius 2 is 1.72 bits per heavy atom. The van der Waals surface area contributed by atoms with Crippen LogP contribution < -0.4 is 9.83 Å². The van der Waals surface area contributed by atoms with Crippen molar-refractivity contribution in [2.75, 3.05) is 4.72 Å². The average Bonchev–Trinajstić information content (AvgIpc) is 2.28. The minimum absolute atomic E-state index is 0.0313. The third-order valence-corrected chi connectivity index (χ3v) is 3.59. The van der Waals surface area contributed by atoms with E-state index in [9.17, 15) is 18.6 Å². The van der Waals surface area contributed by atoms with Crippen molar-refractivity contribution >= 4 is 15.7 Å². The van der Waals surface area contributed by atoms with Crippen LogP contribution in [0.1, 0.15) is 0 Å². The van der Waals surface area contributed by atoms with E-state index >= 15 is 0 Å². The van der Waals surface area contributed by atoms with E-state index in [0.717, 1.165) is 12.1 Å². The van der Waals surface area contributed by atoms with E-state index in [-0.39, 0.29) is 16.3 Å². The van der Waals surface area contributed by atoms with Crippen LogP contribution in [0.5, 0.6) is 11.5 Å². The van der Waals surface area contributed by atoms with Gasteiger partial charge in [0.1, 0.15) is 5.75 Å². The lowest BCUT2D eigenvalue weighted by atomic mass is 10.3. The molecule has 2 N–H and O–H groups in total. The van der Waals surface area contributed by atoms with Crippen LogP contribution in [0, 0.1) is 0 Å². The highest BCUT2D eigenvalue weighted by Crippen LogP contribution is 2.24. The van der Waals surface area contributed by atoms with Crippen LogP contribution in [0.15, 0.2) is 53.4 Å². The minimum atomic E-state index is -3.75. The number of hydrogen-bond donors (Lipinski definition) is 2. The number of benzene rings is 2. The summed E-state index contributed by atoms with van der Waals surface area (Å²) in [4.78, 5) is 0.0841. The van der Waals surface area contributed by atoms with E-state index in [0.29, 0.717) is 0 Å². The van der Waals surface area contributed by atoms with Crippen molar-refractivity contribution in [2.24, 2.45) is 0 Å². The number of anilines is 1. The van der Waals surface area contributed by atoms with Crippen LogP contribution in [0.2, 0.25) is 0 Å². The lowest BCUT2D eigenvalue weighted by Crippen LogP contribution is -2.12. The number of nitrogens with one attached hydrogen (secondary N) is 1. The molecule has 0 bridgehead atoms. The predicted molar refractivity (Wildman–Crippen MR) is 64.8 cm³/mol. The molecule has 2 aromatic carbocycles. The van der Waals surface area contributed by atoms with Crippen LogP contribution in [0.3, 0.4) is 0 Å². The number of hydrogen-bond acceptors (Lipinski definition) is 4. The first kappa shape index (κ1) is 12.3. The van der Waals surface area contributed by atoms with Crippen molar-refractivity contribution in [3.05, 3.63) is 48.5 Å². The molecule has 94 valence electrons. The molecule has 6 heteroatoms. The second-order valence-electron chi connectivity index (χ2n) is 3.63. The number of sulfonamides is 1. The third-order valence-electron chi connectivity index (χ3n) is 2.20. The quantitative estimate of drug-likeness (QED) is 0.873. The van der Waals surface area contributed by atoms with Gasteiger partial charge in [0.15, 0.2) is 0 Å². The molecule has 0 aromatic heterocycles. The molecule has 0 saturated carbocycles. The van der Waals surface area contributed by atoms with Crippen molar-refractivity contribution < 1.29 is 18.6 Å². The fourth-order valence-electron chi connectivity index (χ4n) is 1.46. The Morgan fingerprint density at radius 1 is 1.06 bits per heavy atom. The molecular formula is C12H10NO4S-. The second-order valence-corrected chi connectivity index (χ2v) is 5.32. The van der Waals surface area contributed by atoms with Gasteiger partial charge in [0.2, 0.25) is 0 Å². The Balaban J connectivity index is 2.34. The van der Waals surface area contributed by atoms with Crippen molar-refractivity contribution in [3.63, 3.8) is 0 Å². The highest BCUT2D eigenvalue weighted by Gasteiger charge is 2.13. The van der Waals surface area contributed by atoms with Crippen molar-refractivity contribution in [1.82, 2.24) is 0 Å². The molecule has 18 heavy (non-hydrogen) atoms. The SMILES string of the molecule is O=S(=O)(Nc1cc([O-])cc(O)c1)c1ccccc1. The largest absolute Gasteiger partial charge is 0.872 e. The molecule has 0 spiro atoms. The molecule has 2 aromatic rings. The van der Waals surface area contributed by atoms with Crippen molar-refractivity contribution in [1.29, 1.82) is 0 Å². The first-order chi connectivity index (χ1) is 8.47. The van der Waals surface area contributed by atoms with Gasteiger partial charge in [0.05, 0.1) is 10.6 Å². The van der Waals surface area contributed by atoms with E-state index in [1.54, 1.807) is 18.2 Å². The van der Waals surface area contributed by atoms with E-state index in [2.05, 4.69) is 4.72 Å². The van der Waals surface area contributed by atoms with Crippen LogP contribution in [-0.4, -0.2) is 13.5 Å². The first-order valence-electron chi connectivity index (χ1n) is 5.06. The molecule has 2 rings (SSSR count). The number of aromatic hydroxyl groups is 1. The highest BCUT2D eigenvalue weighted by molar-refractivity contribution is 7.92. The van der Waals surface area contributed by atoms with Crippen molar-refractivity contribution in [2.45, 2.75) is 4.90 Å². The van der Waals surface area contributed by atoms with Crippen LogP contribution in [-0.2, 0) is 10.0 Å². The lowest BCUT2D eigenvalue weighted by Gasteiger charge is -2.12. The molecule has 0 aliphatic heterocycles. The fourth-order valence-corrected chi connectivity index (χ4v) is 2.52.